The number of nitro groups is 1. The molecule has 19 heavy (non-hydrogen) atoms. The van der Waals surface area contributed by atoms with E-state index in [1.807, 2.05) is 0 Å². The highest BCUT2D eigenvalue weighted by Crippen LogP contribution is 2.20. The largest absolute Gasteiger partial charge is 0.487 e. The van der Waals surface area contributed by atoms with Gasteiger partial charge in [0.05, 0.1) is 16.1 Å². The van der Waals surface area contributed by atoms with Crippen LogP contribution in [0.5, 0.6) is 5.75 Å². The van der Waals surface area contributed by atoms with Gasteiger partial charge in [0.2, 0.25) is 5.82 Å². The van der Waals surface area contributed by atoms with Gasteiger partial charge in [-0.15, -0.1) is 0 Å². The van der Waals surface area contributed by atoms with Crippen LogP contribution in [0, 0.1) is 15.9 Å². The summed E-state index contributed by atoms with van der Waals surface area (Å²) in [7, 11) is 0. The van der Waals surface area contributed by atoms with Gasteiger partial charge in [-0.3, -0.25) is 15.1 Å². The molecule has 0 N–H and O–H groups in total. The summed E-state index contributed by atoms with van der Waals surface area (Å²) in [6.07, 6.45) is 2.92. The maximum absolute atomic E-state index is 13.4. The molecule has 98 valence electrons. The van der Waals surface area contributed by atoms with Crippen LogP contribution < -0.4 is 4.74 Å². The van der Waals surface area contributed by atoms with Gasteiger partial charge in [0.15, 0.2) is 0 Å². The Morgan fingerprint density at radius 2 is 2.16 bits per heavy atom. The Balaban J connectivity index is 2.08. The minimum atomic E-state index is -0.893. The predicted molar refractivity (Wildman–Crippen MR) is 66.6 cm³/mol. The van der Waals surface area contributed by atoms with Crippen LogP contribution in [0.15, 0.2) is 36.7 Å². The molecule has 0 bridgehead atoms. The molecule has 1 aromatic carbocycles. The number of ether oxygens (including phenoxy) is 1. The molecule has 0 saturated carbocycles. The molecule has 0 spiro atoms. The van der Waals surface area contributed by atoms with Crippen LogP contribution >= 0.6 is 11.6 Å². The third-order valence-corrected chi connectivity index (χ3v) is 2.50. The zero-order chi connectivity index (χ0) is 13.8. The van der Waals surface area contributed by atoms with Gasteiger partial charge >= 0.3 is 5.69 Å². The summed E-state index contributed by atoms with van der Waals surface area (Å²) in [5.74, 6) is -0.457. The van der Waals surface area contributed by atoms with Gasteiger partial charge < -0.3 is 4.74 Å². The first-order valence-corrected chi connectivity index (χ1v) is 5.60. The number of hydrogen-bond acceptors (Lipinski definition) is 4. The summed E-state index contributed by atoms with van der Waals surface area (Å²) < 4.78 is 18.7. The molecular weight excluding hydrogens is 275 g/mol. The van der Waals surface area contributed by atoms with E-state index in [0.717, 1.165) is 12.1 Å². The number of hydrogen-bond donors (Lipinski definition) is 0. The molecule has 1 heterocycles. The number of aromatic nitrogens is 1. The van der Waals surface area contributed by atoms with E-state index in [4.69, 9.17) is 16.3 Å². The highest BCUT2D eigenvalue weighted by Gasteiger charge is 2.13. The second-order valence-electron chi connectivity index (χ2n) is 3.67. The zero-order valence-corrected chi connectivity index (χ0v) is 10.3. The Bertz CT molecular complexity index is 622. The van der Waals surface area contributed by atoms with Gasteiger partial charge in [-0.25, -0.2) is 0 Å². The molecule has 1 aromatic heterocycles. The Morgan fingerprint density at radius 1 is 1.37 bits per heavy atom. The van der Waals surface area contributed by atoms with Crippen molar-refractivity contribution >= 4 is 17.3 Å². The van der Waals surface area contributed by atoms with Gasteiger partial charge in [0, 0.05) is 18.3 Å². The quantitative estimate of drug-likeness (QED) is 0.637. The molecule has 2 aromatic rings. The fraction of sp³-hybridized carbons (Fsp3) is 0.0833. The molecule has 0 amide bonds. The summed E-state index contributed by atoms with van der Waals surface area (Å²) in [4.78, 5) is 13.5. The van der Waals surface area contributed by atoms with E-state index in [1.54, 1.807) is 6.07 Å². The molecular formula is C12H8ClFN2O3. The Morgan fingerprint density at radius 3 is 2.79 bits per heavy atom. The van der Waals surface area contributed by atoms with Crippen LogP contribution in [0.4, 0.5) is 10.1 Å². The highest BCUT2D eigenvalue weighted by atomic mass is 35.5. The number of pyridine rings is 1. The minimum Gasteiger partial charge on any atom is -0.487 e. The number of halogens is 2. The van der Waals surface area contributed by atoms with Crippen molar-refractivity contribution in [3.8, 4) is 5.75 Å². The van der Waals surface area contributed by atoms with Gasteiger partial charge in [-0.2, -0.15) is 4.39 Å². The molecule has 0 unspecified atom stereocenters. The summed E-state index contributed by atoms with van der Waals surface area (Å²) >= 11 is 5.73. The lowest BCUT2D eigenvalue weighted by atomic mass is 10.2. The third kappa shape index (κ3) is 3.38. The van der Waals surface area contributed by atoms with Crippen molar-refractivity contribution in [3.05, 3.63) is 63.2 Å². The van der Waals surface area contributed by atoms with E-state index in [0.29, 0.717) is 16.3 Å². The second-order valence-corrected chi connectivity index (χ2v) is 4.11. The lowest BCUT2D eigenvalue weighted by Gasteiger charge is -2.06. The molecule has 5 nitrogen and oxygen atoms in total. The number of benzene rings is 1. The monoisotopic (exact) mass is 282 g/mol. The van der Waals surface area contributed by atoms with Crippen LogP contribution in [0.1, 0.15) is 5.56 Å². The molecule has 0 aliphatic carbocycles. The second kappa shape index (κ2) is 5.62. The third-order valence-electron chi connectivity index (χ3n) is 2.29. The van der Waals surface area contributed by atoms with Crippen molar-refractivity contribution in [1.82, 2.24) is 4.98 Å². The summed E-state index contributed by atoms with van der Waals surface area (Å²) in [6.45, 7) is 0.0664. The van der Waals surface area contributed by atoms with Crippen LogP contribution in [0.2, 0.25) is 5.02 Å². The first-order valence-electron chi connectivity index (χ1n) is 5.22. The molecule has 0 aliphatic rings. The van der Waals surface area contributed by atoms with E-state index < -0.39 is 16.4 Å². The summed E-state index contributed by atoms with van der Waals surface area (Å²) in [5.41, 5.74) is -0.0868. The van der Waals surface area contributed by atoms with E-state index in [1.165, 1.54) is 18.5 Å². The zero-order valence-electron chi connectivity index (χ0n) is 9.55. The van der Waals surface area contributed by atoms with Crippen LogP contribution in [0.3, 0.4) is 0 Å². The lowest BCUT2D eigenvalue weighted by Crippen LogP contribution is -1.98. The van der Waals surface area contributed by atoms with Gasteiger partial charge in [0.1, 0.15) is 12.4 Å². The molecule has 0 radical (unpaired) electrons. The first kappa shape index (κ1) is 13.2. The maximum atomic E-state index is 13.4. The molecule has 0 saturated heterocycles. The molecule has 0 atom stereocenters. The van der Waals surface area contributed by atoms with Crippen molar-refractivity contribution < 1.29 is 14.1 Å². The standard InChI is InChI=1S/C12H8ClFN2O3/c13-9-4-10(6-15-5-9)19-7-8-1-2-12(16(17)18)11(14)3-8/h1-6H,7H2. The van der Waals surface area contributed by atoms with Crippen LogP contribution in [0.25, 0.3) is 0 Å². The van der Waals surface area contributed by atoms with E-state index in [2.05, 4.69) is 4.98 Å². The molecule has 7 heteroatoms. The van der Waals surface area contributed by atoms with Crippen molar-refractivity contribution in [2.75, 3.05) is 0 Å². The van der Waals surface area contributed by atoms with E-state index in [9.17, 15) is 14.5 Å². The van der Waals surface area contributed by atoms with E-state index >= 15 is 0 Å². The fourth-order valence-electron chi connectivity index (χ4n) is 1.43. The van der Waals surface area contributed by atoms with Crippen molar-refractivity contribution in [3.63, 3.8) is 0 Å². The van der Waals surface area contributed by atoms with Crippen LogP contribution in [-0.2, 0) is 6.61 Å². The fourth-order valence-corrected chi connectivity index (χ4v) is 1.59. The predicted octanol–water partition coefficient (Wildman–Crippen LogP) is 3.36. The SMILES string of the molecule is O=[N+]([O-])c1ccc(COc2cncc(Cl)c2)cc1F. The normalized spacial score (nSPS) is 10.2. The topological polar surface area (TPSA) is 65.3 Å². The van der Waals surface area contributed by atoms with Crippen LogP contribution in [-0.4, -0.2) is 9.91 Å². The van der Waals surface area contributed by atoms with Gasteiger partial charge in [-0.05, 0) is 17.7 Å². The Hall–Kier alpha value is -2.21. The average Bonchev–Trinajstić information content (AvgIpc) is 2.36. The molecule has 0 aliphatic heterocycles. The van der Waals surface area contributed by atoms with Gasteiger partial charge in [-0.1, -0.05) is 11.6 Å². The Labute approximate surface area is 112 Å². The molecule has 0 fully saturated rings. The van der Waals surface area contributed by atoms with E-state index in [-0.39, 0.29) is 6.61 Å². The molecule has 2 rings (SSSR count). The number of nitro benzene ring substituents is 1. The number of rotatable bonds is 4. The Kier molecular flexibility index (Phi) is 3.91. The summed E-state index contributed by atoms with van der Waals surface area (Å²) in [6, 6.07) is 5.16. The first-order chi connectivity index (χ1) is 9.06. The average molecular weight is 283 g/mol. The van der Waals surface area contributed by atoms with Gasteiger partial charge in [0.25, 0.3) is 0 Å². The summed E-state index contributed by atoms with van der Waals surface area (Å²) in [5, 5.41) is 10.9. The van der Waals surface area contributed by atoms with Crippen molar-refractivity contribution in [2.24, 2.45) is 0 Å². The highest BCUT2D eigenvalue weighted by molar-refractivity contribution is 6.30. The van der Waals surface area contributed by atoms with Crippen molar-refractivity contribution in [1.29, 1.82) is 0 Å². The minimum absolute atomic E-state index is 0.0664. The number of nitrogens with zero attached hydrogens (tertiary/aromatic N) is 2. The lowest BCUT2D eigenvalue weighted by molar-refractivity contribution is -0.387. The van der Waals surface area contributed by atoms with Crippen molar-refractivity contribution in [2.45, 2.75) is 6.61 Å². The smallest absolute Gasteiger partial charge is 0.304 e. The maximum Gasteiger partial charge on any atom is 0.304 e.